The Labute approximate surface area is 175 Å². The van der Waals surface area contributed by atoms with E-state index in [1.165, 1.54) is 6.07 Å². The second kappa shape index (κ2) is 8.84. The summed E-state index contributed by atoms with van der Waals surface area (Å²) < 4.78 is 40.0. The molecule has 8 heteroatoms. The third kappa shape index (κ3) is 5.49. The molecule has 1 unspecified atom stereocenters. The zero-order valence-electron chi connectivity index (χ0n) is 14.9. The Bertz CT molecular complexity index is 860. The molecule has 3 rings (SSSR count). The van der Waals surface area contributed by atoms with Crippen LogP contribution in [0.25, 0.3) is 0 Å². The summed E-state index contributed by atoms with van der Waals surface area (Å²) in [6.07, 6.45) is -3.00. The zero-order valence-corrected chi connectivity index (χ0v) is 17.2. The molecule has 1 heterocycles. The highest BCUT2D eigenvalue weighted by Crippen LogP contribution is 2.36. The molecule has 0 saturated carbocycles. The van der Waals surface area contributed by atoms with E-state index in [2.05, 4.69) is 26.1 Å². The van der Waals surface area contributed by atoms with Gasteiger partial charge in [0.05, 0.1) is 16.5 Å². The average Bonchev–Trinajstić information content (AvgIpc) is 2.62. The molecule has 1 saturated heterocycles. The molecular weight excluding hydrogens is 457 g/mol. The number of carbonyl (C=O) groups is 1. The van der Waals surface area contributed by atoms with Crippen molar-refractivity contribution in [2.24, 2.45) is 5.92 Å². The van der Waals surface area contributed by atoms with Crippen LogP contribution in [0.4, 0.5) is 18.9 Å². The monoisotopic (exact) mass is 474 g/mol. The molecular formula is C20H19BrClF3N2O. The van der Waals surface area contributed by atoms with Crippen molar-refractivity contribution in [2.75, 3.05) is 18.4 Å². The number of rotatable bonds is 4. The first kappa shape index (κ1) is 21.1. The zero-order chi connectivity index (χ0) is 20.3. The van der Waals surface area contributed by atoms with Crippen molar-refractivity contribution in [3.63, 3.8) is 0 Å². The molecule has 2 aromatic rings. The largest absolute Gasteiger partial charge is 0.417 e. The Morgan fingerprint density at radius 2 is 2.04 bits per heavy atom. The third-order valence-corrected chi connectivity index (χ3v) is 5.53. The molecule has 2 aromatic carbocycles. The maximum atomic E-state index is 13.0. The van der Waals surface area contributed by atoms with Gasteiger partial charge in [0.15, 0.2) is 0 Å². The van der Waals surface area contributed by atoms with Crippen LogP contribution in [0.5, 0.6) is 0 Å². The standard InChI is InChI=1S/C20H19BrClF3N2O/c21-15-5-1-3-13(9-15)11-27-8-2-4-14(12-27)19(28)26-16-6-7-18(22)17(10-16)20(23,24)25/h1,3,5-7,9-10,14H,2,4,8,11-12H2,(H,26,28). The second-order valence-electron chi connectivity index (χ2n) is 6.89. The quantitative estimate of drug-likeness (QED) is 0.591. The van der Waals surface area contributed by atoms with Gasteiger partial charge in [-0.05, 0) is 55.3 Å². The van der Waals surface area contributed by atoms with Crippen LogP contribution in [-0.2, 0) is 17.5 Å². The van der Waals surface area contributed by atoms with E-state index in [0.717, 1.165) is 41.7 Å². The molecule has 150 valence electrons. The van der Waals surface area contributed by atoms with Crippen molar-refractivity contribution in [1.82, 2.24) is 4.90 Å². The lowest BCUT2D eigenvalue weighted by Gasteiger charge is -2.32. The molecule has 1 aliphatic heterocycles. The Morgan fingerprint density at radius 3 is 2.75 bits per heavy atom. The lowest BCUT2D eigenvalue weighted by Crippen LogP contribution is -2.40. The summed E-state index contributed by atoms with van der Waals surface area (Å²) in [6.45, 7) is 2.18. The summed E-state index contributed by atoms with van der Waals surface area (Å²) in [7, 11) is 0. The molecule has 0 aliphatic carbocycles. The van der Waals surface area contributed by atoms with E-state index in [1.54, 1.807) is 0 Å². The van der Waals surface area contributed by atoms with Crippen molar-refractivity contribution in [3.05, 3.63) is 63.1 Å². The van der Waals surface area contributed by atoms with E-state index < -0.39 is 11.7 Å². The summed E-state index contributed by atoms with van der Waals surface area (Å²) in [5, 5.41) is 2.23. The Hall–Kier alpha value is -1.57. The highest BCUT2D eigenvalue weighted by atomic mass is 79.9. The van der Waals surface area contributed by atoms with Gasteiger partial charge in [-0.25, -0.2) is 0 Å². The van der Waals surface area contributed by atoms with Crippen molar-refractivity contribution in [1.29, 1.82) is 0 Å². The van der Waals surface area contributed by atoms with E-state index in [9.17, 15) is 18.0 Å². The first-order valence-electron chi connectivity index (χ1n) is 8.87. The molecule has 28 heavy (non-hydrogen) atoms. The number of likely N-dealkylation sites (tertiary alicyclic amines) is 1. The lowest BCUT2D eigenvalue weighted by atomic mass is 9.96. The Kier molecular flexibility index (Phi) is 6.68. The first-order valence-corrected chi connectivity index (χ1v) is 10.0. The predicted molar refractivity (Wildman–Crippen MR) is 107 cm³/mol. The van der Waals surface area contributed by atoms with Crippen LogP contribution in [0.3, 0.4) is 0 Å². The van der Waals surface area contributed by atoms with Crippen molar-refractivity contribution >= 4 is 39.1 Å². The van der Waals surface area contributed by atoms with Crippen LogP contribution < -0.4 is 5.32 Å². The fourth-order valence-electron chi connectivity index (χ4n) is 3.37. The van der Waals surface area contributed by atoms with Crippen molar-refractivity contribution in [3.8, 4) is 0 Å². The minimum absolute atomic E-state index is 0.103. The molecule has 0 radical (unpaired) electrons. The van der Waals surface area contributed by atoms with Gasteiger partial charge < -0.3 is 5.32 Å². The van der Waals surface area contributed by atoms with Gasteiger partial charge in [-0.15, -0.1) is 0 Å². The highest BCUT2D eigenvalue weighted by Gasteiger charge is 2.34. The molecule has 0 spiro atoms. The maximum Gasteiger partial charge on any atom is 0.417 e. The number of hydrogen-bond acceptors (Lipinski definition) is 2. The van der Waals surface area contributed by atoms with E-state index in [4.69, 9.17) is 11.6 Å². The maximum absolute atomic E-state index is 13.0. The summed E-state index contributed by atoms with van der Waals surface area (Å²) in [5.41, 5.74) is 0.292. The fourth-order valence-corrected chi connectivity index (χ4v) is 4.04. The first-order chi connectivity index (χ1) is 13.2. The number of nitrogens with one attached hydrogen (secondary N) is 1. The van der Waals surface area contributed by atoms with E-state index in [1.807, 2.05) is 24.3 Å². The van der Waals surface area contributed by atoms with Gasteiger partial charge in [0.1, 0.15) is 0 Å². The van der Waals surface area contributed by atoms with E-state index in [0.29, 0.717) is 13.0 Å². The van der Waals surface area contributed by atoms with Crippen LogP contribution >= 0.6 is 27.5 Å². The second-order valence-corrected chi connectivity index (χ2v) is 8.21. The normalized spacial score (nSPS) is 18.1. The molecule has 0 bridgehead atoms. The molecule has 1 aliphatic rings. The fraction of sp³-hybridized carbons (Fsp3) is 0.350. The van der Waals surface area contributed by atoms with E-state index >= 15 is 0 Å². The number of piperidine rings is 1. The number of alkyl halides is 3. The van der Waals surface area contributed by atoms with Crippen LogP contribution in [0.15, 0.2) is 46.9 Å². The summed E-state index contributed by atoms with van der Waals surface area (Å²) >= 11 is 9.08. The number of hydrogen-bond donors (Lipinski definition) is 1. The van der Waals surface area contributed by atoms with Crippen LogP contribution in [-0.4, -0.2) is 23.9 Å². The van der Waals surface area contributed by atoms with Crippen molar-refractivity contribution < 1.29 is 18.0 Å². The van der Waals surface area contributed by atoms with Gasteiger partial charge in [0, 0.05) is 23.2 Å². The highest BCUT2D eigenvalue weighted by molar-refractivity contribution is 9.10. The van der Waals surface area contributed by atoms with Crippen LogP contribution in [0, 0.1) is 5.92 Å². The van der Waals surface area contributed by atoms with Gasteiger partial charge in [-0.3, -0.25) is 9.69 Å². The predicted octanol–water partition coefficient (Wildman–Crippen LogP) is 5.97. The molecule has 1 amide bonds. The van der Waals surface area contributed by atoms with Gasteiger partial charge in [0.2, 0.25) is 5.91 Å². The molecule has 1 N–H and O–H groups in total. The minimum atomic E-state index is -4.57. The average molecular weight is 476 g/mol. The number of benzene rings is 2. The van der Waals surface area contributed by atoms with Gasteiger partial charge >= 0.3 is 6.18 Å². The Balaban J connectivity index is 1.64. The number of nitrogens with zero attached hydrogens (tertiary/aromatic N) is 1. The summed E-state index contributed by atoms with van der Waals surface area (Å²) in [5.74, 6) is -0.541. The smallest absolute Gasteiger partial charge is 0.326 e. The Morgan fingerprint density at radius 1 is 1.25 bits per heavy atom. The number of amides is 1. The van der Waals surface area contributed by atoms with Crippen molar-refractivity contribution in [2.45, 2.75) is 25.6 Å². The molecule has 3 nitrogen and oxygen atoms in total. The number of halogens is 5. The van der Waals surface area contributed by atoms with Gasteiger partial charge in [0.25, 0.3) is 0 Å². The number of anilines is 1. The minimum Gasteiger partial charge on any atom is -0.326 e. The molecule has 1 fully saturated rings. The van der Waals surface area contributed by atoms with Crippen LogP contribution in [0.2, 0.25) is 5.02 Å². The van der Waals surface area contributed by atoms with Gasteiger partial charge in [-0.1, -0.05) is 39.7 Å². The SMILES string of the molecule is O=C(Nc1ccc(Cl)c(C(F)(F)F)c1)C1CCCN(Cc2cccc(Br)c2)C1. The molecule has 1 atom stereocenters. The summed E-state index contributed by atoms with van der Waals surface area (Å²) in [6, 6.07) is 11.4. The van der Waals surface area contributed by atoms with E-state index in [-0.39, 0.29) is 22.5 Å². The topological polar surface area (TPSA) is 32.3 Å². The van der Waals surface area contributed by atoms with Gasteiger partial charge in [-0.2, -0.15) is 13.2 Å². The lowest BCUT2D eigenvalue weighted by molar-refractivity contribution is -0.137. The molecule has 0 aromatic heterocycles. The third-order valence-electron chi connectivity index (χ3n) is 4.71. The number of carbonyl (C=O) groups excluding carboxylic acids is 1. The van der Waals surface area contributed by atoms with Crippen LogP contribution in [0.1, 0.15) is 24.0 Å². The summed E-state index contributed by atoms with van der Waals surface area (Å²) in [4.78, 5) is 14.8.